The second-order valence-electron chi connectivity index (χ2n) is 5.01. The summed E-state index contributed by atoms with van der Waals surface area (Å²) in [5, 5.41) is 5.31. The fourth-order valence-electron chi connectivity index (χ4n) is 2.03. The molecule has 0 radical (unpaired) electrons. The SMILES string of the molecule is CCc1ccc(C(=O)NCC(=O)Nc2ccc(OC)cc2)cc1. The van der Waals surface area contributed by atoms with Crippen LogP contribution in [0.4, 0.5) is 5.69 Å². The number of hydrogen-bond acceptors (Lipinski definition) is 3. The van der Waals surface area contributed by atoms with Crippen LogP contribution in [0, 0.1) is 0 Å². The molecule has 0 heterocycles. The van der Waals surface area contributed by atoms with E-state index < -0.39 is 0 Å². The van der Waals surface area contributed by atoms with Gasteiger partial charge in [-0.3, -0.25) is 9.59 Å². The number of anilines is 1. The molecule has 2 amide bonds. The Balaban J connectivity index is 1.83. The number of benzene rings is 2. The molecule has 0 saturated carbocycles. The molecule has 120 valence electrons. The van der Waals surface area contributed by atoms with Gasteiger partial charge in [-0.1, -0.05) is 19.1 Å². The van der Waals surface area contributed by atoms with Crippen molar-refractivity contribution in [1.29, 1.82) is 0 Å². The maximum Gasteiger partial charge on any atom is 0.251 e. The average molecular weight is 312 g/mol. The molecule has 0 aliphatic heterocycles. The van der Waals surface area contributed by atoms with Gasteiger partial charge in [-0.15, -0.1) is 0 Å². The van der Waals surface area contributed by atoms with Crippen LogP contribution in [-0.4, -0.2) is 25.5 Å². The number of nitrogens with one attached hydrogen (secondary N) is 2. The van der Waals surface area contributed by atoms with Gasteiger partial charge < -0.3 is 15.4 Å². The number of hydrogen-bond donors (Lipinski definition) is 2. The minimum Gasteiger partial charge on any atom is -0.497 e. The molecule has 2 aromatic rings. The molecule has 2 N–H and O–H groups in total. The molecule has 0 atom stereocenters. The molecule has 0 fully saturated rings. The third kappa shape index (κ3) is 4.85. The molecular formula is C18H20N2O3. The first-order chi connectivity index (χ1) is 11.1. The fraction of sp³-hybridized carbons (Fsp3) is 0.222. The van der Waals surface area contributed by atoms with E-state index in [2.05, 4.69) is 17.6 Å². The van der Waals surface area contributed by atoms with Crippen LogP contribution in [0.15, 0.2) is 48.5 Å². The van der Waals surface area contributed by atoms with Gasteiger partial charge in [0.2, 0.25) is 5.91 Å². The van der Waals surface area contributed by atoms with Gasteiger partial charge in [0.15, 0.2) is 0 Å². The number of carbonyl (C=O) groups is 2. The minimum atomic E-state index is -0.284. The lowest BCUT2D eigenvalue weighted by Gasteiger charge is -2.08. The Morgan fingerprint density at radius 2 is 1.65 bits per heavy atom. The molecule has 0 aliphatic carbocycles. The summed E-state index contributed by atoms with van der Waals surface area (Å²) in [6.45, 7) is 1.97. The first-order valence-electron chi connectivity index (χ1n) is 7.43. The third-order valence-corrected chi connectivity index (χ3v) is 3.41. The number of ether oxygens (including phenoxy) is 1. The molecule has 0 spiro atoms. The van der Waals surface area contributed by atoms with E-state index in [4.69, 9.17) is 4.74 Å². The van der Waals surface area contributed by atoms with Gasteiger partial charge in [-0.2, -0.15) is 0 Å². The molecule has 0 unspecified atom stereocenters. The molecule has 0 saturated heterocycles. The van der Waals surface area contributed by atoms with Gasteiger partial charge in [0.25, 0.3) is 5.91 Å². The number of amides is 2. The topological polar surface area (TPSA) is 67.4 Å². The van der Waals surface area contributed by atoms with Crippen molar-refractivity contribution in [2.45, 2.75) is 13.3 Å². The number of rotatable bonds is 6. The smallest absolute Gasteiger partial charge is 0.251 e. The van der Waals surface area contributed by atoms with Crippen molar-refractivity contribution >= 4 is 17.5 Å². The molecule has 0 aliphatic rings. The maximum atomic E-state index is 12.0. The van der Waals surface area contributed by atoms with Crippen molar-refractivity contribution in [2.24, 2.45) is 0 Å². The summed E-state index contributed by atoms with van der Waals surface area (Å²) in [6, 6.07) is 14.3. The highest BCUT2D eigenvalue weighted by Crippen LogP contribution is 2.14. The van der Waals surface area contributed by atoms with Crippen molar-refractivity contribution in [2.75, 3.05) is 19.0 Å². The van der Waals surface area contributed by atoms with Gasteiger partial charge in [0.1, 0.15) is 5.75 Å². The van der Waals surface area contributed by atoms with Crippen LogP contribution >= 0.6 is 0 Å². The lowest BCUT2D eigenvalue weighted by molar-refractivity contribution is -0.115. The molecule has 5 heteroatoms. The summed E-state index contributed by atoms with van der Waals surface area (Å²) in [7, 11) is 1.58. The van der Waals surface area contributed by atoms with Crippen LogP contribution in [0.25, 0.3) is 0 Å². The van der Waals surface area contributed by atoms with Crippen molar-refractivity contribution in [3.63, 3.8) is 0 Å². The number of methoxy groups -OCH3 is 1. The van der Waals surface area contributed by atoms with Crippen LogP contribution in [0.5, 0.6) is 5.75 Å². The highest BCUT2D eigenvalue weighted by Gasteiger charge is 2.08. The quantitative estimate of drug-likeness (QED) is 0.861. The highest BCUT2D eigenvalue weighted by molar-refractivity contribution is 5.99. The fourth-order valence-corrected chi connectivity index (χ4v) is 2.03. The molecule has 0 aromatic heterocycles. The molecule has 23 heavy (non-hydrogen) atoms. The second kappa shape index (κ2) is 7.98. The maximum absolute atomic E-state index is 12.0. The van der Waals surface area contributed by atoms with Gasteiger partial charge >= 0.3 is 0 Å². The van der Waals surface area contributed by atoms with E-state index in [1.165, 1.54) is 5.56 Å². The number of aryl methyl sites for hydroxylation is 1. The molecule has 2 rings (SSSR count). The predicted molar refractivity (Wildman–Crippen MR) is 89.8 cm³/mol. The summed E-state index contributed by atoms with van der Waals surface area (Å²) >= 11 is 0. The average Bonchev–Trinajstić information content (AvgIpc) is 2.60. The molecular weight excluding hydrogens is 292 g/mol. The zero-order valence-corrected chi connectivity index (χ0v) is 13.3. The Hall–Kier alpha value is -2.82. The van der Waals surface area contributed by atoms with E-state index in [1.807, 2.05) is 12.1 Å². The van der Waals surface area contributed by atoms with Crippen molar-refractivity contribution < 1.29 is 14.3 Å². The lowest BCUT2D eigenvalue weighted by Crippen LogP contribution is -2.32. The lowest BCUT2D eigenvalue weighted by atomic mass is 10.1. The highest BCUT2D eigenvalue weighted by atomic mass is 16.5. The Bertz CT molecular complexity index is 664. The normalized spacial score (nSPS) is 10.0. The summed E-state index contributed by atoms with van der Waals surface area (Å²) in [4.78, 5) is 23.8. The Labute approximate surface area is 135 Å². The monoisotopic (exact) mass is 312 g/mol. The molecule has 5 nitrogen and oxygen atoms in total. The summed E-state index contributed by atoms with van der Waals surface area (Å²) < 4.78 is 5.05. The van der Waals surface area contributed by atoms with Crippen LogP contribution in [0.2, 0.25) is 0 Å². The van der Waals surface area contributed by atoms with Gasteiger partial charge in [0, 0.05) is 11.3 Å². The zero-order chi connectivity index (χ0) is 16.7. The van der Waals surface area contributed by atoms with Crippen LogP contribution < -0.4 is 15.4 Å². The van der Waals surface area contributed by atoms with E-state index in [1.54, 1.807) is 43.5 Å². The van der Waals surface area contributed by atoms with E-state index >= 15 is 0 Å². The van der Waals surface area contributed by atoms with E-state index in [9.17, 15) is 9.59 Å². The second-order valence-corrected chi connectivity index (χ2v) is 5.01. The van der Waals surface area contributed by atoms with E-state index in [0.29, 0.717) is 17.0 Å². The minimum absolute atomic E-state index is 0.0829. The molecule has 2 aromatic carbocycles. The van der Waals surface area contributed by atoms with Crippen molar-refractivity contribution in [3.05, 3.63) is 59.7 Å². The van der Waals surface area contributed by atoms with E-state index in [0.717, 1.165) is 6.42 Å². The van der Waals surface area contributed by atoms with Gasteiger partial charge in [0.05, 0.1) is 13.7 Å². The predicted octanol–water partition coefficient (Wildman–Crippen LogP) is 2.63. The van der Waals surface area contributed by atoms with Crippen LogP contribution in [0.1, 0.15) is 22.8 Å². The Kier molecular flexibility index (Phi) is 5.74. The summed E-state index contributed by atoms with van der Waals surface area (Å²) in [5.74, 6) is 0.165. The van der Waals surface area contributed by atoms with E-state index in [-0.39, 0.29) is 18.4 Å². The standard InChI is InChI=1S/C18H20N2O3/c1-3-13-4-6-14(7-5-13)18(22)19-12-17(21)20-15-8-10-16(23-2)11-9-15/h4-11H,3,12H2,1-2H3,(H,19,22)(H,20,21). The number of carbonyl (C=O) groups excluding carboxylic acids is 2. The molecule has 0 bridgehead atoms. The van der Waals surface area contributed by atoms with Gasteiger partial charge in [-0.05, 0) is 48.4 Å². The first kappa shape index (κ1) is 16.5. The summed E-state index contributed by atoms with van der Waals surface area (Å²) in [6.07, 6.45) is 0.923. The van der Waals surface area contributed by atoms with Crippen molar-refractivity contribution in [3.8, 4) is 5.75 Å². The largest absolute Gasteiger partial charge is 0.497 e. The van der Waals surface area contributed by atoms with Crippen LogP contribution in [-0.2, 0) is 11.2 Å². The van der Waals surface area contributed by atoms with Crippen molar-refractivity contribution in [1.82, 2.24) is 5.32 Å². The Morgan fingerprint density at radius 1 is 1.00 bits per heavy atom. The third-order valence-electron chi connectivity index (χ3n) is 3.41. The Morgan fingerprint density at radius 3 is 2.22 bits per heavy atom. The summed E-state index contributed by atoms with van der Waals surface area (Å²) in [5.41, 5.74) is 2.36. The zero-order valence-electron chi connectivity index (χ0n) is 13.3. The first-order valence-corrected chi connectivity index (χ1v) is 7.43. The van der Waals surface area contributed by atoms with Crippen LogP contribution in [0.3, 0.4) is 0 Å². The van der Waals surface area contributed by atoms with Gasteiger partial charge in [-0.25, -0.2) is 0 Å².